The first-order valence-corrected chi connectivity index (χ1v) is 3.82. The van der Waals surface area contributed by atoms with Gasteiger partial charge in [-0.25, -0.2) is 0 Å². The van der Waals surface area contributed by atoms with Gasteiger partial charge < -0.3 is 5.73 Å². The molecule has 2 N–H and O–H groups in total. The van der Waals surface area contributed by atoms with Crippen LogP contribution in [-0.2, 0) is 4.79 Å². The molecule has 0 bridgehead atoms. The number of carbonyl (C=O) groups excluding carboxylic acids is 1. The number of primary amides is 1. The van der Waals surface area contributed by atoms with E-state index in [2.05, 4.69) is 43.8 Å². The van der Waals surface area contributed by atoms with Gasteiger partial charge >= 0.3 is 0 Å². The molecule has 1 amide bonds. The third kappa shape index (κ3) is 5.47. The van der Waals surface area contributed by atoms with Gasteiger partial charge in [-0.3, -0.25) is 4.79 Å². The molecular formula is C10H15NO. The first kappa shape index (κ1) is 10.7. The molecule has 12 heavy (non-hydrogen) atoms. The van der Waals surface area contributed by atoms with Crippen LogP contribution in [0, 0.1) is 13.8 Å². The molecule has 0 saturated heterocycles. The second-order valence-corrected chi connectivity index (χ2v) is 2.69. The summed E-state index contributed by atoms with van der Waals surface area (Å²) in [5.41, 5.74) is 7.21. The Morgan fingerprint density at radius 1 is 1.17 bits per heavy atom. The molecule has 0 aliphatic rings. The highest BCUT2D eigenvalue weighted by Crippen LogP contribution is 2.02. The maximum Gasteiger partial charge on any atom is 0.214 e. The molecule has 0 fully saturated rings. The van der Waals surface area contributed by atoms with Gasteiger partial charge in [0.1, 0.15) is 0 Å². The Morgan fingerprint density at radius 3 is 1.58 bits per heavy atom. The summed E-state index contributed by atoms with van der Waals surface area (Å²) >= 11 is 0. The fraction of sp³-hybridized carbons (Fsp3) is 0.300. The molecule has 1 rings (SSSR count). The monoisotopic (exact) mass is 165 g/mol. The summed E-state index contributed by atoms with van der Waals surface area (Å²) < 4.78 is 0. The highest BCUT2D eigenvalue weighted by molar-refractivity contribution is 5.70. The molecule has 0 saturated carbocycles. The van der Waals surface area contributed by atoms with Gasteiger partial charge in [0.05, 0.1) is 0 Å². The second kappa shape index (κ2) is 5.35. The Balaban J connectivity index is 0.000000261. The lowest BCUT2D eigenvalue weighted by molar-refractivity contribution is -0.115. The van der Waals surface area contributed by atoms with Crippen molar-refractivity contribution >= 4 is 5.91 Å². The fourth-order valence-electron chi connectivity index (χ4n) is 0.663. The van der Waals surface area contributed by atoms with Crippen LogP contribution in [0.2, 0.25) is 0 Å². The first-order valence-electron chi connectivity index (χ1n) is 3.82. The molecule has 0 unspecified atom stereocenters. The van der Waals surface area contributed by atoms with E-state index in [1.807, 2.05) is 0 Å². The van der Waals surface area contributed by atoms with Gasteiger partial charge in [0.2, 0.25) is 5.91 Å². The van der Waals surface area contributed by atoms with Gasteiger partial charge in [-0.1, -0.05) is 24.3 Å². The summed E-state index contributed by atoms with van der Waals surface area (Å²) in [6.07, 6.45) is 0. The minimum absolute atomic E-state index is 0.333. The Kier molecular flexibility index (Phi) is 4.77. The number of amides is 1. The van der Waals surface area contributed by atoms with E-state index in [4.69, 9.17) is 0 Å². The van der Waals surface area contributed by atoms with E-state index in [1.165, 1.54) is 18.1 Å². The number of rotatable bonds is 0. The lowest BCUT2D eigenvalue weighted by Crippen LogP contribution is -2.01. The van der Waals surface area contributed by atoms with Crippen LogP contribution in [-0.4, -0.2) is 5.91 Å². The molecule has 0 radical (unpaired) electrons. The van der Waals surface area contributed by atoms with E-state index in [1.54, 1.807) is 0 Å². The molecule has 0 atom stereocenters. The van der Waals surface area contributed by atoms with Crippen LogP contribution in [0.25, 0.3) is 0 Å². The zero-order valence-electron chi connectivity index (χ0n) is 7.79. The van der Waals surface area contributed by atoms with Gasteiger partial charge in [-0.2, -0.15) is 0 Å². The molecule has 2 heteroatoms. The zero-order valence-corrected chi connectivity index (χ0v) is 7.79. The quantitative estimate of drug-likeness (QED) is 0.625. The van der Waals surface area contributed by atoms with Gasteiger partial charge in [0.15, 0.2) is 0 Å². The minimum Gasteiger partial charge on any atom is -0.370 e. The highest BCUT2D eigenvalue weighted by Gasteiger charge is 1.83. The van der Waals surface area contributed by atoms with Crippen molar-refractivity contribution in [2.75, 3.05) is 0 Å². The molecule has 2 nitrogen and oxygen atoms in total. The van der Waals surface area contributed by atoms with Crippen LogP contribution >= 0.6 is 0 Å². The predicted octanol–water partition coefficient (Wildman–Crippen LogP) is 1.80. The number of benzene rings is 1. The maximum atomic E-state index is 9.22. The van der Waals surface area contributed by atoms with E-state index in [-0.39, 0.29) is 5.91 Å². The summed E-state index contributed by atoms with van der Waals surface area (Å²) in [6.45, 7) is 5.55. The number of nitrogens with two attached hydrogens (primary N) is 1. The Morgan fingerprint density at radius 2 is 1.42 bits per heavy atom. The first-order chi connectivity index (χ1) is 5.54. The van der Waals surface area contributed by atoms with E-state index < -0.39 is 0 Å². The third-order valence-corrected chi connectivity index (χ3v) is 1.43. The zero-order chi connectivity index (χ0) is 9.56. The Bertz CT molecular complexity index is 231. The van der Waals surface area contributed by atoms with Crippen LogP contribution in [0.3, 0.4) is 0 Å². The Labute approximate surface area is 73.4 Å². The highest BCUT2D eigenvalue weighted by atomic mass is 16.1. The van der Waals surface area contributed by atoms with E-state index in [0.717, 1.165) is 0 Å². The van der Waals surface area contributed by atoms with Gasteiger partial charge in [0.25, 0.3) is 0 Å². The van der Waals surface area contributed by atoms with E-state index >= 15 is 0 Å². The third-order valence-electron chi connectivity index (χ3n) is 1.43. The molecule has 1 aromatic rings. The molecule has 0 aliphatic carbocycles. The lowest BCUT2D eigenvalue weighted by atomic mass is 10.1. The predicted molar refractivity (Wildman–Crippen MR) is 50.8 cm³/mol. The Hall–Kier alpha value is -1.31. The smallest absolute Gasteiger partial charge is 0.214 e. The van der Waals surface area contributed by atoms with Gasteiger partial charge in [-0.05, 0) is 25.0 Å². The van der Waals surface area contributed by atoms with Gasteiger partial charge in [-0.15, -0.1) is 0 Å². The summed E-state index contributed by atoms with van der Waals surface area (Å²) in [4.78, 5) is 9.22. The minimum atomic E-state index is -0.333. The van der Waals surface area contributed by atoms with Crippen LogP contribution in [0.4, 0.5) is 0 Å². The molecular weight excluding hydrogens is 150 g/mol. The van der Waals surface area contributed by atoms with Crippen LogP contribution in [0.1, 0.15) is 18.1 Å². The molecule has 1 aromatic carbocycles. The van der Waals surface area contributed by atoms with E-state index in [0.29, 0.717) is 0 Å². The fourth-order valence-corrected chi connectivity index (χ4v) is 0.663. The summed E-state index contributed by atoms with van der Waals surface area (Å²) in [5.74, 6) is -0.333. The van der Waals surface area contributed by atoms with Crippen LogP contribution < -0.4 is 5.73 Å². The summed E-state index contributed by atoms with van der Waals surface area (Å²) in [6, 6.07) is 8.36. The summed E-state index contributed by atoms with van der Waals surface area (Å²) in [5, 5.41) is 0. The van der Waals surface area contributed by atoms with Crippen molar-refractivity contribution in [2.45, 2.75) is 20.8 Å². The molecule has 0 aromatic heterocycles. The number of carbonyl (C=O) groups is 1. The lowest BCUT2D eigenvalue weighted by Gasteiger charge is -1.93. The summed E-state index contributed by atoms with van der Waals surface area (Å²) in [7, 11) is 0. The molecule has 0 heterocycles. The van der Waals surface area contributed by atoms with Crippen molar-refractivity contribution in [2.24, 2.45) is 5.73 Å². The molecule has 0 spiro atoms. The van der Waals surface area contributed by atoms with E-state index in [9.17, 15) is 4.79 Å². The van der Waals surface area contributed by atoms with Crippen LogP contribution in [0.5, 0.6) is 0 Å². The number of hydrogen-bond donors (Lipinski definition) is 1. The van der Waals surface area contributed by atoms with Crippen LogP contribution in [0.15, 0.2) is 24.3 Å². The number of hydrogen-bond acceptors (Lipinski definition) is 1. The second-order valence-electron chi connectivity index (χ2n) is 2.69. The molecule has 0 aliphatic heterocycles. The normalized spacial score (nSPS) is 8.25. The van der Waals surface area contributed by atoms with Crippen molar-refractivity contribution in [3.8, 4) is 0 Å². The largest absolute Gasteiger partial charge is 0.370 e. The standard InChI is InChI=1S/C8H10.C2H5NO/c1-7-5-3-4-6-8(7)2;1-2(3)4/h3-6H,1-2H3;1H3,(H2,3,4). The van der Waals surface area contributed by atoms with Crippen molar-refractivity contribution < 1.29 is 4.79 Å². The SMILES string of the molecule is CC(N)=O.Cc1ccccc1C. The average molecular weight is 165 g/mol. The maximum absolute atomic E-state index is 9.22. The topological polar surface area (TPSA) is 43.1 Å². The van der Waals surface area contributed by atoms with Crippen molar-refractivity contribution in [3.05, 3.63) is 35.4 Å². The van der Waals surface area contributed by atoms with Gasteiger partial charge in [0, 0.05) is 6.92 Å². The van der Waals surface area contributed by atoms with Crippen molar-refractivity contribution in [3.63, 3.8) is 0 Å². The number of aryl methyl sites for hydroxylation is 2. The molecule has 66 valence electrons. The van der Waals surface area contributed by atoms with Crippen molar-refractivity contribution in [1.82, 2.24) is 0 Å². The average Bonchev–Trinajstić information content (AvgIpc) is 1.94. The van der Waals surface area contributed by atoms with Crippen molar-refractivity contribution in [1.29, 1.82) is 0 Å².